The van der Waals surface area contributed by atoms with Gasteiger partial charge in [0.15, 0.2) is 0 Å². The largest absolute Gasteiger partial charge is 0.401 e. The first kappa shape index (κ1) is 16.7. The maximum atomic E-state index is 12.3. The second-order valence-corrected chi connectivity index (χ2v) is 4.84. The molecular formula is C11H22F3NO2. The SMILES string of the molecule is COCCN(CCOC(C)(C)C)CC(F)(F)F. The van der Waals surface area contributed by atoms with Gasteiger partial charge in [-0.3, -0.25) is 4.90 Å². The normalized spacial score (nSPS) is 13.4. The third-order valence-corrected chi connectivity index (χ3v) is 1.96. The number of alkyl halides is 3. The summed E-state index contributed by atoms with van der Waals surface area (Å²) in [6, 6.07) is 0. The van der Waals surface area contributed by atoms with Crippen LogP contribution < -0.4 is 0 Å². The van der Waals surface area contributed by atoms with Crippen molar-refractivity contribution in [3.8, 4) is 0 Å². The van der Waals surface area contributed by atoms with Crippen LogP contribution in [0.5, 0.6) is 0 Å². The number of hydrogen-bond acceptors (Lipinski definition) is 3. The van der Waals surface area contributed by atoms with E-state index in [1.165, 1.54) is 12.0 Å². The minimum absolute atomic E-state index is 0.250. The van der Waals surface area contributed by atoms with Crippen molar-refractivity contribution in [2.24, 2.45) is 0 Å². The fourth-order valence-electron chi connectivity index (χ4n) is 1.22. The molecule has 6 heteroatoms. The van der Waals surface area contributed by atoms with Gasteiger partial charge < -0.3 is 9.47 Å². The quantitative estimate of drug-likeness (QED) is 0.698. The Bertz CT molecular complexity index is 202. The van der Waals surface area contributed by atoms with Gasteiger partial charge in [-0.1, -0.05) is 0 Å². The van der Waals surface area contributed by atoms with Crippen molar-refractivity contribution in [2.45, 2.75) is 32.5 Å². The van der Waals surface area contributed by atoms with Crippen molar-refractivity contribution in [3.05, 3.63) is 0 Å². The van der Waals surface area contributed by atoms with Gasteiger partial charge in [-0.15, -0.1) is 0 Å². The highest BCUT2D eigenvalue weighted by atomic mass is 19.4. The van der Waals surface area contributed by atoms with Crippen LogP contribution in [-0.4, -0.2) is 56.6 Å². The van der Waals surface area contributed by atoms with Crippen molar-refractivity contribution in [3.63, 3.8) is 0 Å². The molecule has 0 rings (SSSR count). The Morgan fingerprint density at radius 3 is 1.94 bits per heavy atom. The summed E-state index contributed by atoms with van der Waals surface area (Å²) in [6.07, 6.45) is -4.19. The van der Waals surface area contributed by atoms with Gasteiger partial charge in [0, 0.05) is 20.2 Å². The van der Waals surface area contributed by atoms with E-state index in [4.69, 9.17) is 9.47 Å². The summed E-state index contributed by atoms with van der Waals surface area (Å²) in [7, 11) is 1.47. The first-order valence-corrected chi connectivity index (χ1v) is 5.56. The summed E-state index contributed by atoms with van der Waals surface area (Å²) in [5, 5.41) is 0. The van der Waals surface area contributed by atoms with Crippen LogP contribution in [0.2, 0.25) is 0 Å². The molecule has 0 N–H and O–H groups in total. The van der Waals surface area contributed by atoms with Gasteiger partial charge in [0.05, 0.1) is 25.4 Å². The van der Waals surface area contributed by atoms with Gasteiger partial charge in [0.25, 0.3) is 0 Å². The van der Waals surface area contributed by atoms with Crippen LogP contribution in [0.3, 0.4) is 0 Å². The highest BCUT2D eigenvalue weighted by molar-refractivity contribution is 4.65. The summed E-state index contributed by atoms with van der Waals surface area (Å²) in [6.45, 7) is 5.76. The van der Waals surface area contributed by atoms with Gasteiger partial charge in [0.1, 0.15) is 0 Å². The molecule has 0 spiro atoms. The molecule has 0 amide bonds. The van der Waals surface area contributed by atoms with Gasteiger partial charge in [-0.25, -0.2) is 0 Å². The summed E-state index contributed by atoms with van der Waals surface area (Å²) >= 11 is 0. The summed E-state index contributed by atoms with van der Waals surface area (Å²) < 4.78 is 47.0. The molecule has 0 heterocycles. The van der Waals surface area contributed by atoms with Crippen molar-refractivity contribution in [1.29, 1.82) is 0 Å². The Balaban J connectivity index is 4.02. The Kier molecular flexibility index (Phi) is 7.04. The molecule has 104 valence electrons. The molecule has 0 bridgehead atoms. The third kappa shape index (κ3) is 11.9. The molecule has 0 aromatic carbocycles. The minimum Gasteiger partial charge on any atom is -0.383 e. The van der Waals surface area contributed by atoms with E-state index in [0.717, 1.165) is 0 Å². The molecule has 0 atom stereocenters. The number of methoxy groups -OCH3 is 1. The fourth-order valence-corrected chi connectivity index (χ4v) is 1.22. The zero-order valence-electron chi connectivity index (χ0n) is 10.9. The van der Waals surface area contributed by atoms with E-state index in [0.29, 0.717) is 0 Å². The zero-order valence-corrected chi connectivity index (χ0v) is 10.9. The van der Waals surface area contributed by atoms with Crippen molar-refractivity contribution in [2.75, 3.05) is 40.0 Å². The first-order valence-electron chi connectivity index (χ1n) is 5.56. The van der Waals surface area contributed by atoms with E-state index in [-0.39, 0.29) is 31.9 Å². The lowest BCUT2D eigenvalue weighted by Gasteiger charge is -2.26. The van der Waals surface area contributed by atoms with Gasteiger partial charge in [-0.2, -0.15) is 13.2 Å². The molecule has 0 unspecified atom stereocenters. The summed E-state index contributed by atoms with van der Waals surface area (Å²) in [5.74, 6) is 0. The lowest BCUT2D eigenvalue weighted by Crippen LogP contribution is -2.39. The van der Waals surface area contributed by atoms with E-state index in [9.17, 15) is 13.2 Å². The standard InChI is InChI=1S/C11H22F3NO2/c1-10(2,3)17-8-6-15(5-7-16-4)9-11(12,13)14/h5-9H2,1-4H3. The average Bonchev–Trinajstić information content (AvgIpc) is 2.09. The Morgan fingerprint density at radius 2 is 1.53 bits per heavy atom. The van der Waals surface area contributed by atoms with Gasteiger partial charge in [-0.05, 0) is 20.8 Å². The van der Waals surface area contributed by atoms with E-state index in [1.807, 2.05) is 20.8 Å². The predicted molar refractivity (Wildman–Crippen MR) is 60.1 cm³/mol. The topological polar surface area (TPSA) is 21.7 Å². The molecule has 0 aromatic heterocycles. The molecular weight excluding hydrogens is 235 g/mol. The molecule has 0 radical (unpaired) electrons. The van der Waals surface area contributed by atoms with E-state index < -0.39 is 12.7 Å². The van der Waals surface area contributed by atoms with Crippen LogP contribution >= 0.6 is 0 Å². The molecule has 0 fully saturated rings. The summed E-state index contributed by atoms with van der Waals surface area (Å²) in [5.41, 5.74) is -0.328. The zero-order chi connectivity index (χ0) is 13.5. The van der Waals surface area contributed by atoms with Crippen LogP contribution in [0, 0.1) is 0 Å². The minimum atomic E-state index is -4.19. The second kappa shape index (κ2) is 7.18. The molecule has 0 aliphatic heterocycles. The van der Waals surface area contributed by atoms with Crippen LogP contribution in [0.1, 0.15) is 20.8 Å². The number of rotatable bonds is 7. The molecule has 17 heavy (non-hydrogen) atoms. The summed E-state index contributed by atoms with van der Waals surface area (Å²) in [4.78, 5) is 1.29. The Morgan fingerprint density at radius 1 is 1.00 bits per heavy atom. The maximum Gasteiger partial charge on any atom is 0.401 e. The van der Waals surface area contributed by atoms with Crippen LogP contribution in [-0.2, 0) is 9.47 Å². The predicted octanol–water partition coefficient (Wildman–Crippen LogP) is 2.31. The molecule has 0 saturated heterocycles. The Labute approximate surface area is 101 Å². The van der Waals surface area contributed by atoms with E-state index in [2.05, 4.69) is 0 Å². The highest BCUT2D eigenvalue weighted by Gasteiger charge is 2.30. The number of halogens is 3. The molecule has 0 saturated carbocycles. The molecule has 3 nitrogen and oxygen atoms in total. The second-order valence-electron chi connectivity index (χ2n) is 4.84. The smallest absolute Gasteiger partial charge is 0.383 e. The lowest BCUT2D eigenvalue weighted by molar-refractivity contribution is -0.149. The van der Waals surface area contributed by atoms with Crippen molar-refractivity contribution in [1.82, 2.24) is 4.90 Å². The maximum absolute atomic E-state index is 12.3. The van der Waals surface area contributed by atoms with Gasteiger partial charge >= 0.3 is 6.18 Å². The van der Waals surface area contributed by atoms with Crippen molar-refractivity contribution < 1.29 is 22.6 Å². The lowest BCUT2D eigenvalue weighted by atomic mass is 10.2. The first-order chi connectivity index (χ1) is 7.64. The average molecular weight is 257 g/mol. The molecule has 0 aliphatic rings. The third-order valence-electron chi connectivity index (χ3n) is 1.96. The van der Waals surface area contributed by atoms with Crippen LogP contribution in [0.15, 0.2) is 0 Å². The highest BCUT2D eigenvalue weighted by Crippen LogP contribution is 2.16. The molecule has 0 aromatic rings. The fraction of sp³-hybridized carbons (Fsp3) is 1.00. The number of hydrogen-bond donors (Lipinski definition) is 0. The number of ether oxygens (including phenoxy) is 2. The van der Waals surface area contributed by atoms with Gasteiger partial charge in [0.2, 0.25) is 0 Å². The van der Waals surface area contributed by atoms with E-state index >= 15 is 0 Å². The van der Waals surface area contributed by atoms with E-state index in [1.54, 1.807) is 0 Å². The monoisotopic (exact) mass is 257 g/mol. The molecule has 0 aliphatic carbocycles. The van der Waals surface area contributed by atoms with Crippen LogP contribution in [0.4, 0.5) is 13.2 Å². The number of nitrogens with zero attached hydrogens (tertiary/aromatic N) is 1. The van der Waals surface area contributed by atoms with Crippen LogP contribution in [0.25, 0.3) is 0 Å². The van der Waals surface area contributed by atoms with Crippen molar-refractivity contribution >= 4 is 0 Å². The Hall–Kier alpha value is -0.330.